The molecule has 2 aromatic heterocycles. The Hall–Kier alpha value is -6.13. The van der Waals surface area contributed by atoms with Crippen molar-refractivity contribution in [1.82, 2.24) is 9.55 Å². The van der Waals surface area contributed by atoms with E-state index in [0.29, 0.717) is 0 Å². The number of anilines is 3. The summed E-state index contributed by atoms with van der Waals surface area (Å²) in [6.45, 7) is 0. The third kappa shape index (κ3) is 3.45. The first-order chi connectivity index (χ1) is 22.3. The largest absolute Gasteiger partial charge is 0.455 e. The average molecular weight is 576 g/mol. The molecule has 3 heterocycles. The molecule has 0 aliphatic carbocycles. The van der Waals surface area contributed by atoms with Gasteiger partial charge in [0, 0.05) is 33.2 Å². The molecule has 9 aromatic rings. The van der Waals surface area contributed by atoms with Crippen LogP contribution in [-0.4, -0.2) is 9.55 Å². The van der Waals surface area contributed by atoms with Gasteiger partial charge in [0.2, 0.25) is 5.95 Å². The van der Waals surface area contributed by atoms with Gasteiger partial charge in [-0.25, -0.2) is 4.98 Å². The lowest BCUT2D eigenvalue weighted by molar-refractivity contribution is 0.670. The lowest BCUT2D eigenvalue weighted by atomic mass is 9.95. The number of hydrogen-bond donors (Lipinski definition) is 0. The Bertz CT molecular complexity index is 2610. The summed E-state index contributed by atoms with van der Waals surface area (Å²) in [5, 5.41) is 4.71. The maximum atomic E-state index is 6.37. The van der Waals surface area contributed by atoms with Gasteiger partial charge in [-0.05, 0) is 58.8 Å². The van der Waals surface area contributed by atoms with Crippen LogP contribution in [0.5, 0.6) is 0 Å². The molecule has 210 valence electrons. The van der Waals surface area contributed by atoms with Crippen LogP contribution >= 0.6 is 0 Å². The molecule has 10 rings (SSSR count). The number of fused-ring (bicyclic) bond motifs is 12. The molecule has 0 fully saturated rings. The number of para-hydroxylation sites is 5. The van der Waals surface area contributed by atoms with E-state index in [-0.39, 0.29) is 0 Å². The van der Waals surface area contributed by atoms with Crippen molar-refractivity contribution in [2.24, 2.45) is 0 Å². The molecule has 0 saturated carbocycles. The van der Waals surface area contributed by atoms with Crippen LogP contribution in [0, 0.1) is 0 Å². The highest BCUT2D eigenvalue weighted by Gasteiger charge is 2.30. The van der Waals surface area contributed by atoms with Crippen molar-refractivity contribution in [3.63, 3.8) is 0 Å². The Kier molecular flexibility index (Phi) is 4.96. The number of nitrogens with zero attached hydrogens (tertiary/aromatic N) is 3. The van der Waals surface area contributed by atoms with E-state index in [1.165, 1.54) is 21.9 Å². The van der Waals surface area contributed by atoms with Gasteiger partial charge in [0.1, 0.15) is 11.2 Å². The van der Waals surface area contributed by atoms with Crippen molar-refractivity contribution < 1.29 is 4.42 Å². The molecule has 0 saturated heterocycles. The van der Waals surface area contributed by atoms with E-state index in [9.17, 15) is 0 Å². The van der Waals surface area contributed by atoms with Crippen molar-refractivity contribution in [3.05, 3.63) is 152 Å². The summed E-state index contributed by atoms with van der Waals surface area (Å²) in [5.41, 5.74) is 11.7. The van der Waals surface area contributed by atoms with Crippen LogP contribution in [0.2, 0.25) is 0 Å². The number of aromatic nitrogens is 2. The van der Waals surface area contributed by atoms with E-state index in [1.54, 1.807) is 0 Å². The Morgan fingerprint density at radius 1 is 0.511 bits per heavy atom. The average Bonchev–Trinajstić information content (AvgIpc) is 3.64. The number of furan rings is 1. The minimum atomic E-state index is 0.866. The Balaban J connectivity index is 1.22. The molecule has 0 atom stereocenters. The van der Waals surface area contributed by atoms with Gasteiger partial charge in [-0.2, -0.15) is 0 Å². The molecule has 4 nitrogen and oxygen atoms in total. The topological polar surface area (TPSA) is 34.2 Å². The first-order valence-electron chi connectivity index (χ1n) is 15.2. The van der Waals surface area contributed by atoms with E-state index in [1.807, 2.05) is 12.1 Å². The molecule has 45 heavy (non-hydrogen) atoms. The van der Waals surface area contributed by atoms with E-state index in [4.69, 9.17) is 9.40 Å². The van der Waals surface area contributed by atoms with Crippen LogP contribution < -0.4 is 4.90 Å². The van der Waals surface area contributed by atoms with E-state index in [0.717, 1.165) is 67.1 Å². The van der Waals surface area contributed by atoms with E-state index in [2.05, 4.69) is 149 Å². The first-order valence-corrected chi connectivity index (χ1v) is 15.2. The van der Waals surface area contributed by atoms with Crippen LogP contribution in [-0.2, 0) is 0 Å². The lowest BCUT2D eigenvalue weighted by Crippen LogP contribution is -2.14. The molecule has 4 heteroatoms. The molecule has 7 aromatic carbocycles. The number of imidazole rings is 1. The summed E-state index contributed by atoms with van der Waals surface area (Å²) in [4.78, 5) is 7.57. The van der Waals surface area contributed by atoms with Crippen molar-refractivity contribution in [1.29, 1.82) is 0 Å². The molecule has 0 amide bonds. The van der Waals surface area contributed by atoms with Gasteiger partial charge in [0.25, 0.3) is 0 Å². The molecule has 0 spiro atoms. The molecule has 0 N–H and O–H groups in total. The monoisotopic (exact) mass is 575 g/mol. The van der Waals surface area contributed by atoms with Crippen LogP contribution in [0.1, 0.15) is 0 Å². The Labute approximate surface area is 259 Å². The van der Waals surface area contributed by atoms with Gasteiger partial charge >= 0.3 is 0 Å². The van der Waals surface area contributed by atoms with Crippen LogP contribution in [0.25, 0.3) is 71.7 Å². The van der Waals surface area contributed by atoms with Crippen molar-refractivity contribution in [2.45, 2.75) is 0 Å². The summed E-state index contributed by atoms with van der Waals surface area (Å²) >= 11 is 0. The SMILES string of the molecule is c1ccc2c(c1)-c1c(ccc3ccccc13)-n1c(nc3ccccc31)N2c1ccc(-c2cccc3c2oc2ccccc23)cc1. The fourth-order valence-electron chi connectivity index (χ4n) is 7.14. The molecule has 1 aliphatic heterocycles. The van der Waals surface area contributed by atoms with Crippen molar-refractivity contribution in [3.8, 4) is 27.9 Å². The van der Waals surface area contributed by atoms with Gasteiger partial charge in [-0.1, -0.05) is 109 Å². The van der Waals surface area contributed by atoms with Crippen LogP contribution in [0.3, 0.4) is 0 Å². The van der Waals surface area contributed by atoms with Gasteiger partial charge < -0.3 is 4.42 Å². The third-order valence-electron chi connectivity index (χ3n) is 9.15. The number of hydrogen-bond acceptors (Lipinski definition) is 3. The summed E-state index contributed by atoms with van der Waals surface area (Å²) in [6, 6.07) is 53.6. The van der Waals surface area contributed by atoms with Crippen molar-refractivity contribution in [2.75, 3.05) is 4.90 Å². The highest BCUT2D eigenvalue weighted by atomic mass is 16.3. The molecule has 0 unspecified atom stereocenters. The van der Waals surface area contributed by atoms with Crippen LogP contribution in [0.4, 0.5) is 17.3 Å². The summed E-state index contributed by atoms with van der Waals surface area (Å²) < 4.78 is 8.69. The summed E-state index contributed by atoms with van der Waals surface area (Å²) in [5.74, 6) is 0.866. The fourth-order valence-corrected chi connectivity index (χ4v) is 7.14. The minimum absolute atomic E-state index is 0.866. The number of benzene rings is 7. The van der Waals surface area contributed by atoms with E-state index < -0.39 is 0 Å². The normalized spacial score (nSPS) is 12.4. The predicted molar refractivity (Wildman–Crippen MR) is 185 cm³/mol. The minimum Gasteiger partial charge on any atom is -0.455 e. The molecule has 0 radical (unpaired) electrons. The predicted octanol–water partition coefficient (Wildman–Crippen LogP) is 11.2. The van der Waals surface area contributed by atoms with Gasteiger partial charge in [0.05, 0.1) is 22.4 Å². The van der Waals surface area contributed by atoms with Gasteiger partial charge in [0.15, 0.2) is 0 Å². The van der Waals surface area contributed by atoms with Crippen molar-refractivity contribution >= 4 is 61.1 Å². The maximum Gasteiger partial charge on any atom is 0.220 e. The quantitative estimate of drug-likeness (QED) is 0.206. The summed E-state index contributed by atoms with van der Waals surface area (Å²) in [6.07, 6.45) is 0. The Morgan fingerprint density at radius 3 is 2.18 bits per heavy atom. The maximum absolute atomic E-state index is 6.37. The molecular weight excluding hydrogens is 550 g/mol. The molecule has 1 aliphatic rings. The number of rotatable bonds is 2. The molecular formula is C41H25N3O. The van der Waals surface area contributed by atoms with Gasteiger partial charge in [-0.3, -0.25) is 9.47 Å². The van der Waals surface area contributed by atoms with Gasteiger partial charge in [-0.15, -0.1) is 0 Å². The smallest absolute Gasteiger partial charge is 0.220 e. The van der Waals surface area contributed by atoms with E-state index >= 15 is 0 Å². The zero-order chi connectivity index (χ0) is 29.5. The second-order valence-corrected chi connectivity index (χ2v) is 11.6. The zero-order valence-electron chi connectivity index (χ0n) is 24.2. The lowest BCUT2D eigenvalue weighted by Gasteiger charge is -2.24. The zero-order valence-corrected chi connectivity index (χ0v) is 24.2. The molecule has 0 bridgehead atoms. The summed E-state index contributed by atoms with van der Waals surface area (Å²) in [7, 11) is 0. The standard InChI is InChI=1S/C41H25N3O/c1-2-11-29-26(10-1)22-25-37-39(29)33-13-3-6-17-35(33)43(41-42-34-16-5-7-18-36(34)44(37)41)28-23-20-27(21-24-28)30-14-9-15-32-31-12-4-8-19-38(31)45-40(30)32/h1-25H. The Morgan fingerprint density at radius 2 is 1.24 bits per heavy atom. The fraction of sp³-hybridized carbons (Fsp3) is 0. The highest BCUT2D eigenvalue weighted by Crippen LogP contribution is 2.49. The first kappa shape index (κ1) is 24.3. The van der Waals surface area contributed by atoms with Crippen LogP contribution in [0.15, 0.2) is 156 Å². The second kappa shape index (κ2) is 9.18. The highest BCUT2D eigenvalue weighted by molar-refractivity contribution is 6.10. The third-order valence-corrected chi connectivity index (χ3v) is 9.15. The second-order valence-electron chi connectivity index (χ2n) is 11.6.